The van der Waals surface area contributed by atoms with Crippen molar-refractivity contribution in [2.75, 3.05) is 11.4 Å². The van der Waals surface area contributed by atoms with Gasteiger partial charge in [-0.05, 0) is 42.2 Å². The molecule has 37 heavy (non-hydrogen) atoms. The molecular weight excluding hydrogens is 488 g/mol. The number of amides is 4. The molecule has 2 bridgehead atoms. The van der Waals surface area contributed by atoms with Crippen molar-refractivity contribution in [2.24, 2.45) is 0 Å². The number of nitrogens with zero attached hydrogens (tertiary/aromatic N) is 4. The lowest BCUT2D eigenvalue weighted by Crippen LogP contribution is -2.55. The van der Waals surface area contributed by atoms with Gasteiger partial charge >= 0.3 is 6.03 Å². The van der Waals surface area contributed by atoms with E-state index in [9.17, 15) is 19.6 Å². The Balaban J connectivity index is 1.34. The fourth-order valence-electron chi connectivity index (χ4n) is 6.07. The van der Waals surface area contributed by atoms with Crippen LogP contribution in [0.25, 0.3) is 0 Å². The summed E-state index contributed by atoms with van der Waals surface area (Å²) < 4.78 is 0. The van der Waals surface area contributed by atoms with E-state index in [0.29, 0.717) is 24.2 Å². The highest BCUT2D eigenvalue weighted by atomic mass is 35.5. The van der Waals surface area contributed by atoms with Crippen LogP contribution in [-0.2, 0) is 9.59 Å². The van der Waals surface area contributed by atoms with Gasteiger partial charge in [0.1, 0.15) is 12.1 Å². The average molecular weight is 511 g/mol. The molecular formula is C29H23ClN4O3. The van der Waals surface area contributed by atoms with Gasteiger partial charge in [0, 0.05) is 6.54 Å². The number of piperazine rings is 1. The van der Waals surface area contributed by atoms with Crippen molar-refractivity contribution in [3.05, 3.63) is 100 Å². The molecule has 3 aliphatic heterocycles. The Morgan fingerprint density at radius 3 is 2.22 bits per heavy atom. The van der Waals surface area contributed by atoms with Gasteiger partial charge in [-0.2, -0.15) is 5.26 Å². The zero-order valence-corrected chi connectivity index (χ0v) is 20.8. The van der Waals surface area contributed by atoms with Crippen LogP contribution in [0.15, 0.2) is 72.8 Å². The molecule has 3 atom stereocenters. The summed E-state index contributed by atoms with van der Waals surface area (Å²) in [6.07, 6.45) is 0.575. The third kappa shape index (κ3) is 3.44. The Kier molecular flexibility index (Phi) is 5.50. The second kappa shape index (κ2) is 8.75. The first kappa shape index (κ1) is 23.3. The minimum absolute atomic E-state index is 0.0687. The number of likely N-dealkylation sites (tertiary alicyclic amines) is 1. The first-order valence-corrected chi connectivity index (χ1v) is 12.6. The molecule has 3 aromatic rings. The van der Waals surface area contributed by atoms with Gasteiger partial charge in [-0.25, -0.2) is 9.69 Å². The van der Waals surface area contributed by atoms with Crippen molar-refractivity contribution < 1.29 is 14.4 Å². The lowest BCUT2D eigenvalue weighted by molar-refractivity contribution is -0.136. The summed E-state index contributed by atoms with van der Waals surface area (Å²) >= 11 is 6.34. The largest absolute Gasteiger partial charge is 0.334 e. The van der Waals surface area contributed by atoms with Gasteiger partial charge in [-0.15, -0.1) is 0 Å². The third-order valence-corrected chi connectivity index (χ3v) is 8.27. The molecule has 0 spiro atoms. The van der Waals surface area contributed by atoms with Crippen molar-refractivity contribution in [3.8, 4) is 6.07 Å². The predicted octanol–water partition coefficient (Wildman–Crippen LogP) is 4.47. The topological polar surface area (TPSA) is 84.7 Å². The number of fused-ring (bicyclic) bond motifs is 5. The summed E-state index contributed by atoms with van der Waals surface area (Å²) in [6.45, 7) is 2.08. The van der Waals surface area contributed by atoms with Crippen molar-refractivity contribution in [1.82, 2.24) is 9.80 Å². The van der Waals surface area contributed by atoms with Crippen molar-refractivity contribution in [1.29, 1.82) is 5.26 Å². The number of imide groups is 1. The molecule has 3 aromatic carbocycles. The van der Waals surface area contributed by atoms with E-state index in [0.717, 1.165) is 16.0 Å². The van der Waals surface area contributed by atoms with Crippen LogP contribution in [0.4, 0.5) is 10.5 Å². The van der Waals surface area contributed by atoms with Crippen molar-refractivity contribution in [2.45, 2.75) is 37.4 Å². The second-order valence-corrected chi connectivity index (χ2v) is 10.1. The number of rotatable bonds is 4. The number of urea groups is 1. The van der Waals surface area contributed by atoms with Crippen molar-refractivity contribution in [3.63, 3.8) is 0 Å². The van der Waals surface area contributed by atoms with Crippen LogP contribution in [0.5, 0.6) is 0 Å². The number of benzene rings is 3. The third-order valence-electron chi connectivity index (χ3n) is 7.78. The average Bonchev–Trinajstić information content (AvgIpc) is 3.59. The fraction of sp³-hybridized carbons (Fsp3) is 0.241. The molecule has 184 valence electrons. The Morgan fingerprint density at radius 2 is 1.62 bits per heavy atom. The van der Waals surface area contributed by atoms with Crippen LogP contribution in [0.1, 0.15) is 34.6 Å². The van der Waals surface area contributed by atoms with E-state index in [2.05, 4.69) is 0 Å². The van der Waals surface area contributed by atoms with Gasteiger partial charge in [0.05, 0.1) is 34.3 Å². The molecule has 4 amide bonds. The summed E-state index contributed by atoms with van der Waals surface area (Å²) in [5.74, 6) is -0.936. The van der Waals surface area contributed by atoms with Gasteiger partial charge in [0.25, 0.3) is 5.91 Å². The molecule has 3 heterocycles. The van der Waals surface area contributed by atoms with E-state index in [1.807, 2.05) is 66.7 Å². The summed E-state index contributed by atoms with van der Waals surface area (Å²) in [4.78, 5) is 45.8. The number of carbonyl (C=O) groups excluding carboxylic acids is 3. The second-order valence-electron chi connectivity index (χ2n) is 9.69. The smallest absolute Gasteiger partial charge is 0.332 e. The zero-order chi connectivity index (χ0) is 25.8. The number of halogens is 1. The fourth-order valence-corrected chi connectivity index (χ4v) is 6.27. The summed E-state index contributed by atoms with van der Waals surface area (Å²) in [6, 6.07) is 22.6. The van der Waals surface area contributed by atoms with E-state index < -0.39 is 24.0 Å². The van der Waals surface area contributed by atoms with Gasteiger partial charge in [-0.3, -0.25) is 9.59 Å². The van der Waals surface area contributed by atoms with E-state index >= 15 is 0 Å². The number of hydrogen-bond acceptors (Lipinski definition) is 4. The van der Waals surface area contributed by atoms with Gasteiger partial charge in [-0.1, -0.05) is 72.3 Å². The number of hydrogen-bond donors (Lipinski definition) is 0. The first-order chi connectivity index (χ1) is 17.9. The molecule has 8 heteroatoms. The molecule has 0 saturated carbocycles. The Labute approximate surface area is 219 Å². The van der Waals surface area contributed by atoms with Crippen LogP contribution in [-0.4, -0.2) is 52.3 Å². The Bertz CT molecular complexity index is 1430. The van der Waals surface area contributed by atoms with Crippen molar-refractivity contribution >= 4 is 35.1 Å². The lowest BCUT2D eigenvalue weighted by atomic mass is 9.89. The van der Waals surface area contributed by atoms with Crippen LogP contribution in [0.3, 0.4) is 0 Å². The number of carbonyl (C=O) groups is 3. The molecule has 0 aromatic heterocycles. The van der Waals surface area contributed by atoms with Crippen LogP contribution < -0.4 is 4.90 Å². The zero-order valence-electron chi connectivity index (χ0n) is 20.0. The lowest BCUT2D eigenvalue weighted by Gasteiger charge is -2.37. The Morgan fingerprint density at radius 1 is 1.00 bits per heavy atom. The quantitative estimate of drug-likeness (QED) is 0.485. The van der Waals surface area contributed by atoms with E-state index in [-0.39, 0.29) is 28.4 Å². The van der Waals surface area contributed by atoms with Crippen LogP contribution in [0, 0.1) is 18.3 Å². The monoisotopic (exact) mass is 510 g/mol. The predicted molar refractivity (Wildman–Crippen MR) is 138 cm³/mol. The molecule has 7 nitrogen and oxygen atoms in total. The van der Waals surface area contributed by atoms with E-state index in [1.165, 1.54) is 6.07 Å². The minimum atomic E-state index is -0.740. The normalized spacial score (nSPS) is 22.1. The van der Waals surface area contributed by atoms with Gasteiger partial charge in [0.2, 0.25) is 5.91 Å². The summed E-state index contributed by atoms with van der Waals surface area (Å²) in [5, 5.41) is 9.50. The minimum Gasteiger partial charge on any atom is -0.334 e. The highest BCUT2D eigenvalue weighted by Gasteiger charge is 2.63. The maximum absolute atomic E-state index is 14.1. The van der Waals surface area contributed by atoms with E-state index in [4.69, 9.17) is 11.6 Å². The standard InChI is InChI=1S/C29H23ClN4O3/c1-17-22(13-12-20(15-31)25(17)30)34-28(36)26-23-14-21(33(26)29(34)37)16-32(23)27(35)24(18-8-4-2-5-9-18)19-10-6-3-7-11-19/h2-13,21,23-24,26H,14,16H2,1H3/t21-,23?,26?/m1/s1. The molecule has 0 N–H and O–H groups in total. The molecule has 3 aliphatic rings. The molecule has 0 aliphatic carbocycles. The van der Waals surface area contributed by atoms with Crippen LogP contribution >= 0.6 is 11.6 Å². The maximum atomic E-state index is 14.1. The Hall–Kier alpha value is -4.15. The van der Waals surface area contributed by atoms with Crippen LogP contribution in [0.2, 0.25) is 5.02 Å². The maximum Gasteiger partial charge on any atom is 0.332 e. The molecule has 3 saturated heterocycles. The van der Waals surface area contributed by atoms with E-state index in [1.54, 1.807) is 22.8 Å². The highest BCUT2D eigenvalue weighted by molar-refractivity contribution is 6.33. The summed E-state index contributed by atoms with van der Waals surface area (Å²) in [7, 11) is 0. The number of anilines is 1. The van der Waals surface area contributed by atoms with Gasteiger partial charge in [0.15, 0.2) is 0 Å². The molecule has 6 rings (SSSR count). The highest BCUT2D eigenvalue weighted by Crippen LogP contribution is 2.45. The SMILES string of the molecule is Cc1c(N2C(=O)C3C4C[C@H](CN4C(=O)C(c4ccccc4)c4ccccc4)N3C2=O)ccc(C#N)c1Cl. The molecule has 0 radical (unpaired) electrons. The van der Waals surface area contributed by atoms with Gasteiger partial charge < -0.3 is 9.80 Å². The summed E-state index contributed by atoms with van der Waals surface area (Å²) in [5.41, 5.74) is 2.93. The molecule has 2 unspecified atom stereocenters. The molecule has 3 fully saturated rings. The number of nitriles is 1. The first-order valence-electron chi connectivity index (χ1n) is 12.2.